The van der Waals surface area contributed by atoms with Crippen LogP contribution in [0.5, 0.6) is 0 Å². The Morgan fingerprint density at radius 1 is 1.35 bits per heavy atom. The second kappa shape index (κ2) is 7.26. The van der Waals surface area contributed by atoms with Crippen molar-refractivity contribution in [3.63, 3.8) is 0 Å². The van der Waals surface area contributed by atoms with Crippen LogP contribution in [0.1, 0.15) is 44.7 Å². The molecule has 1 N–H and O–H groups in total. The van der Waals surface area contributed by atoms with Gasteiger partial charge in [0.25, 0.3) is 0 Å². The standard InChI is InChI=1S/C19H26FN3/c1-3-14(2)12-23-10-4-5-16(13-23)19-18(11-21-22-19)15-6-8-17(20)9-7-15/h6-9,11,14,16H,3-5,10,12-13H2,1-2H3,(H,21,22). The minimum Gasteiger partial charge on any atom is -0.302 e. The van der Waals surface area contributed by atoms with Gasteiger partial charge < -0.3 is 4.90 Å². The Morgan fingerprint density at radius 3 is 2.87 bits per heavy atom. The molecule has 4 heteroatoms. The molecule has 1 aromatic carbocycles. The number of halogens is 1. The first-order valence-corrected chi connectivity index (χ1v) is 8.69. The van der Waals surface area contributed by atoms with Gasteiger partial charge in [-0.1, -0.05) is 32.4 Å². The van der Waals surface area contributed by atoms with Gasteiger partial charge in [-0.2, -0.15) is 5.10 Å². The van der Waals surface area contributed by atoms with Crippen LogP contribution in [-0.4, -0.2) is 34.7 Å². The van der Waals surface area contributed by atoms with Crippen LogP contribution in [0, 0.1) is 11.7 Å². The SMILES string of the molecule is CCC(C)CN1CCCC(c2[nH]ncc2-c2ccc(F)cc2)C1. The van der Waals surface area contributed by atoms with Gasteiger partial charge in [-0.15, -0.1) is 0 Å². The third-order valence-electron chi connectivity index (χ3n) is 5.00. The first-order valence-electron chi connectivity index (χ1n) is 8.69. The second-order valence-corrected chi connectivity index (χ2v) is 6.82. The summed E-state index contributed by atoms with van der Waals surface area (Å²) >= 11 is 0. The van der Waals surface area contributed by atoms with Crippen molar-refractivity contribution in [1.29, 1.82) is 0 Å². The largest absolute Gasteiger partial charge is 0.302 e. The molecule has 1 aliphatic rings. The number of benzene rings is 1. The predicted molar refractivity (Wildman–Crippen MR) is 91.9 cm³/mol. The highest BCUT2D eigenvalue weighted by atomic mass is 19.1. The second-order valence-electron chi connectivity index (χ2n) is 6.82. The number of piperidine rings is 1. The average molecular weight is 315 g/mol. The van der Waals surface area contributed by atoms with Gasteiger partial charge in [0.05, 0.1) is 6.20 Å². The third kappa shape index (κ3) is 3.81. The van der Waals surface area contributed by atoms with E-state index in [9.17, 15) is 4.39 Å². The monoisotopic (exact) mass is 315 g/mol. The quantitative estimate of drug-likeness (QED) is 0.884. The Labute approximate surface area is 137 Å². The number of hydrogen-bond donors (Lipinski definition) is 1. The number of likely N-dealkylation sites (tertiary alicyclic amines) is 1. The summed E-state index contributed by atoms with van der Waals surface area (Å²) in [4.78, 5) is 2.58. The van der Waals surface area contributed by atoms with Crippen molar-refractivity contribution in [2.75, 3.05) is 19.6 Å². The molecule has 2 unspecified atom stereocenters. The summed E-state index contributed by atoms with van der Waals surface area (Å²) in [7, 11) is 0. The summed E-state index contributed by atoms with van der Waals surface area (Å²) in [5.41, 5.74) is 3.35. The van der Waals surface area contributed by atoms with Gasteiger partial charge in [0, 0.05) is 30.3 Å². The predicted octanol–water partition coefficient (Wildman–Crippen LogP) is 4.44. The summed E-state index contributed by atoms with van der Waals surface area (Å²) in [6.45, 7) is 8.03. The first kappa shape index (κ1) is 16.2. The van der Waals surface area contributed by atoms with Crippen molar-refractivity contribution >= 4 is 0 Å². The van der Waals surface area contributed by atoms with Gasteiger partial charge in [-0.3, -0.25) is 5.10 Å². The van der Waals surface area contributed by atoms with Crippen molar-refractivity contribution in [3.05, 3.63) is 42.0 Å². The number of nitrogens with zero attached hydrogens (tertiary/aromatic N) is 2. The van der Waals surface area contributed by atoms with Gasteiger partial charge in [0.1, 0.15) is 5.82 Å². The van der Waals surface area contributed by atoms with Crippen LogP contribution in [-0.2, 0) is 0 Å². The van der Waals surface area contributed by atoms with Crippen molar-refractivity contribution < 1.29 is 4.39 Å². The highest BCUT2D eigenvalue weighted by Crippen LogP contribution is 2.33. The smallest absolute Gasteiger partial charge is 0.123 e. The topological polar surface area (TPSA) is 31.9 Å². The molecule has 1 aliphatic heterocycles. The molecule has 1 saturated heterocycles. The fourth-order valence-corrected chi connectivity index (χ4v) is 3.49. The zero-order valence-corrected chi connectivity index (χ0v) is 14.1. The molecule has 0 aliphatic carbocycles. The molecule has 3 nitrogen and oxygen atoms in total. The Hall–Kier alpha value is -1.68. The molecular formula is C19H26FN3. The Balaban J connectivity index is 1.77. The molecular weight excluding hydrogens is 289 g/mol. The molecule has 124 valence electrons. The van der Waals surface area contributed by atoms with E-state index in [4.69, 9.17) is 0 Å². The van der Waals surface area contributed by atoms with Gasteiger partial charge in [-0.05, 0) is 43.0 Å². The van der Waals surface area contributed by atoms with Crippen molar-refractivity contribution in [2.45, 2.75) is 39.0 Å². The van der Waals surface area contributed by atoms with Crippen LogP contribution < -0.4 is 0 Å². The van der Waals surface area contributed by atoms with Gasteiger partial charge in [0.15, 0.2) is 0 Å². The van der Waals surface area contributed by atoms with Crippen LogP contribution >= 0.6 is 0 Å². The maximum Gasteiger partial charge on any atom is 0.123 e. The molecule has 0 spiro atoms. The summed E-state index contributed by atoms with van der Waals surface area (Å²) in [5.74, 6) is 1.03. The third-order valence-corrected chi connectivity index (χ3v) is 5.00. The normalized spacial score (nSPS) is 20.6. The van der Waals surface area contributed by atoms with E-state index in [-0.39, 0.29) is 5.82 Å². The fourth-order valence-electron chi connectivity index (χ4n) is 3.49. The van der Waals surface area contributed by atoms with E-state index in [0.717, 1.165) is 23.6 Å². The number of aromatic nitrogens is 2. The number of rotatable bonds is 5. The molecule has 0 bridgehead atoms. The lowest BCUT2D eigenvalue weighted by Gasteiger charge is -2.34. The van der Waals surface area contributed by atoms with Crippen LogP contribution in [0.4, 0.5) is 4.39 Å². The number of aromatic amines is 1. The zero-order valence-electron chi connectivity index (χ0n) is 14.1. The summed E-state index contributed by atoms with van der Waals surface area (Å²) in [6, 6.07) is 6.71. The fraction of sp³-hybridized carbons (Fsp3) is 0.526. The molecule has 23 heavy (non-hydrogen) atoms. The van der Waals surface area contributed by atoms with Crippen molar-refractivity contribution in [1.82, 2.24) is 15.1 Å². The van der Waals surface area contributed by atoms with E-state index in [1.807, 2.05) is 18.3 Å². The van der Waals surface area contributed by atoms with Gasteiger partial charge in [-0.25, -0.2) is 4.39 Å². The van der Waals surface area contributed by atoms with Crippen LogP contribution in [0.2, 0.25) is 0 Å². The average Bonchev–Trinajstić information content (AvgIpc) is 3.05. The van der Waals surface area contributed by atoms with E-state index in [0.29, 0.717) is 5.92 Å². The lowest BCUT2D eigenvalue weighted by Crippen LogP contribution is -2.37. The number of nitrogens with one attached hydrogen (secondary N) is 1. The van der Waals surface area contributed by atoms with Crippen LogP contribution in [0.3, 0.4) is 0 Å². The maximum atomic E-state index is 13.2. The van der Waals surface area contributed by atoms with E-state index in [2.05, 4.69) is 28.9 Å². The van der Waals surface area contributed by atoms with Crippen molar-refractivity contribution in [3.8, 4) is 11.1 Å². The highest BCUT2D eigenvalue weighted by molar-refractivity contribution is 5.65. The number of H-pyrrole nitrogens is 1. The summed E-state index contributed by atoms with van der Waals surface area (Å²) in [5, 5.41) is 7.47. The van der Waals surface area contributed by atoms with E-state index >= 15 is 0 Å². The summed E-state index contributed by atoms with van der Waals surface area (Å²) in [6.07, 6.45) is 5.51. The number of hydrogen-bond acceptors (Lipinski definition) is 2. The van der Waals surface area contributed by atoms with Crippen LogP contribution in [0.15, 0.2) is 30.5 Å². The van der Waals surface area contributed by atoms with E-state index in [1.165, 1.54) is 50.2 Å². The molecule has 0 radical (unpaired) electrons. The highest BCUT2D eigenvalue weighted by Gasteiger charge is 2.25. The molecule has 3 rings (SSSR count). The minimum absolute atomic E-state index is 0.198. The molecule has 1 aromatic heterocycles. The zero-order chi connectivity index (χ0) is 16.2. The van der Waals surface area contributed by atoms with Crippen LogP contribution in [0.25, 0.3) is 11.1 Å². The molecule has 0 saturated carbocycles. The lowest BCUT2D eigenvalue weighted by atomic mass is 9.90. The molecule has 0 amide bonds. The Kier molecular flexibility index (Phi) is 5.11. The van der Waals surface area contributed by atoms with Gasteiger partial charge >= 0.3 is 0 Å². The molecule has 2 atom stereocenters. The molecule has 1 fully saturated rings. The minimum atomic E-state index is -0.198. The van der Waals surface area contributed by atoms with Crippen molar-refractivity contribution in [2.24, 2.45) is 5.92 Å². The van der Waals surface area contributed by atoms with E-state index < -0.39 is 0 Å². The Morgan fingerprint density at radius 2 is 2.13 bits per heavy atom. The summed E-state index contributed by atoms with van der Waals surface area (Å²) < 4.78 is 13.2. The maximum absolute atomic E-state index is 13.2. The van der Waals surface area contributed by atoms with Gasteiger partial charge in [0.2, 0.25) is 0 Å². The van der Waals surface area contributed by atoms with E-state index in [1.54, 1.807) is 0 Å². The molecule has 2 aromatic rings. The lowest BCUT2D eigenvalue weighted by molar-refractivity contribution is 0.180. The first-order chi connectivity index (χ1) is 11.2. The molecule has 2 heterocycles. The Bertz CT molecular complexity index is 620.